The molecule has 0 radical (unpaired) electrons. The number of rotatable bonds is 3. The molecule has 2 aromatic rings. The van der Waals surface area contributed by atoms with Gasteiger partial charge in [0, 0.05) is 6.54 Å². The third-order valence-electron chi connectivity index (χ3n) is 3.12. The number of aliphatic carboxylic acids is 1. The first-order chi connectivity index (χ1) is 10.2. The summed E-state index contributed by atoms with van der Waals surface area (Å²) in [5, 5.41) is 9.75. The van der Waals surface area contributed by atoms with Crippen molar-refractivity contribution in [2.45, 2.75) is 6.04 Å². The average Bonchev–Trinajstić information content (AvgIpc) is 3.17. The molecule has 3 heterocycles. The predicted octanol–water partition coefficient (Wildman–Crippen LogP) is 1.33. The smallest absolute Gasteiger partial charge is 0.328 e. The Morgan fingerprint density at radius 1 is 1.48 bits per heavy atom. The number of amides is 1. The first-order valence-electron chi connectivity index (χ1n) is 6.28. The lowest BCUT2D eigenvalue weighted by atomic mass is 10.2. The summed E-state index contributed by atoms with van der Waals surface area (Å²) in [5.74, 6) is -0.837. The summed E-state index contributed by atoms with van der Waals surface area (Å²) < 4.78 is 10.3. The summed E-state index contributed by atoms with van der Waals surface area (Å²) >= 11 is 1.18. The van der Waals surface area contributed by atoms with Gasteiger partial charge in [0.05, 0.1) is 25.7 Å². The molecule has 21 heavy (non-hydrogen) atoms. The zero-order valence-corrected chi connectivity index (χ0v) is 11.7. The molecule has 1 atom stereocenters. The SMILES string of the molecule is O=C(O)[C@H]1COCCN1C(=O)c1cnc(-c2ccco2)s1. The molecule has 1 aliphatic heterocycles. The van der Waals surface area contributed by atoms with Crippen molar-refractivity contribution < 1.29 is 23.8 Å². The van der Waals surface area contributed by atoms with Crippen LogP contribution in [0.4, 0.5) is 0 Å². The molecule has 1 amide bonds. The Labute approximate surface area is 123 Å². The molecule has 0 saturated carbocycles. The van der Waals surface area contributed by atoms with Crippen molar-refractivity contribution in [2.24, 2.45) is 0 Å². The van der Waals surface area contributed by atoms with Crippen LogP contribution >= 0.6 is 11.3 Å². The Morgan fingerprint density at radius 3 is 3.05 bits per heavy atom. The monoisotopic (exact) mass is 308 g/mol. The largest absolute Gasteiger partial charge is 0.480 e. The maximum atomic E-state index is 12.4. The highest BCUT2D eigenvalue weighted by atomic mass is 32.1. The lowest BCUT2D eigenvalue weighted by Crippen LogP contribution is -2.52. The van der Waals surface area contributed by atoms with Crippen LogP contribution in [0.25, 0.3) is 10.8 Å². The maximum Gasteiger partial charge on any atom is 0.328 e. The van der Waals surface area contributed by atoms with Crippen LogP contribution < -0.4 is 0 Å². The number of hydrogen-bond donors (Lipinski definition) is 1. The topological polar surface area (TPSA) is 92.9 Å². The molecule has 7 nitrogen and oxygen atoms in total. The fraction of sp³-hybridized carbons (Fsp3) is 0.308. The molecule has 1 saturated heterocycles. The molecule has 8 heteroatoms. The second kappa shape index (κ2) is 5.66. The van der Waals surface area contributed by atoms with Crippen molar-refractivity contribution in [3.05, 3.63) is 29.5 Å². The van der Waals surface area contributed by atoms with E-state index < -0.39 is 12.0 Å². The van der Waals surface area contributed by atoms with Gasteiger partial charge in [0.1, 0.15) is 4.88 Å². The van der Waals surface area contributed by atoms with E-state index in [1.54, 1.807) is 12.1 Å². The van der Waals surface area contributed by atoms with Gasteiger partial charge in [-0.15, -0.1) is 11.3 Å². The highest BCUT2D eigenvalue weighted by Gasteiger charge is 2.34. The van der Waals surface area contributed by atoms with Crippen LogP contribution in [0.2, 0.25) is 0 Å². The van der Waals surface area contributed by atoms with Crippen molar-refractivity contribution in [3.63, 3.8) is 0 Å². The standard InChI is InChI=1S/C13H12N2O5S/c16-12(15-3-5-19-7-8(15)13(17)18)10-6-14-11(21-10)9-2-1-4-20-9/h1-2,4,6,8H,3,5,7H2,(H,17,18)/t8-/m1/s1. The zero-order chi connectivity index (χ0) is 14.8. The van der Waals surface area contributed by atoms with E-state index in [9.17, 15) is 9.59 Å². The van der Waals surface area contributed by atoms with Crippen molar-refractivity contribution in [1.29, 1.82) is 0 Å². The number of carboxylic acid groups (broad SMARTS) is 1. The summed E-state index contributed by atoms with van der Waals surface area (Å²) in [6.45, 7) is 0.591. The van der Waals surface area contributed by atoms with Gasteiger partial charge in [-0.05, 0) is 12.1 Å². The summed E-state index contributed by atoms with van der Waals surface area (Å²) in [5.41, 5.74) is 0. The lowest BCUT2D eigenvalue weighted by Gasteiger charge is -2.32. The van der Waals surface area contributed by atoms with E-state index in [4.69, 9.17) is 14.3 Å². The second-order valence-electron chi connectivity index (χ2n) is 4.43. The zero-order valence-electron chi connectivity index (χ0n) is 10.9. The highest BCUT2D eigenvalue weighted by molar-refractivity contribution is 7.16. The molecular formula is C13H12N2O5S. The number of thiazole rings is 1. The molecule has 0 unspecified atom stereocenters. The van der Waals surface area contributed by atoms with E-state index in [2.05, 4.69) is 4.98 Å². The molecule has 110 valence electrons. The van der Waals surface area contributed by atoms with Gasteiger partial charge in [0.2, 0.25) is 0 Å². The van der Waals surface area contributed by atoms with Crippen LogP contribution in [0.5, 0.6) is 0 Å². The van der Waals surface area contributed by atoms with Gasteiger partial charge in [0.15, 0.2) is 16.8 Å². The number of carboxylic acids is 1. The summed E-state index contributed by atoms with van der Waals surface area (Å²) in [6, 6.07) is 2.53. The minimum atomic E-state index is -1.07. The van der Waals surface area contributed by atoms with E-state index in [-0.39, 0.29) is 19.1 Å². The molecule has 1 N–H and O–H groups in total. The van der Waals surface area contributed by atoms with Gasteiger partial charge in [-0.2, -0.15) is 0 Å². The van der Waals surface area contributed by atoms with Crippen LogP contribution in [0.1, 0.15) is 9.67 Å². The van der Waals surface area contributed by atoms with E-state index >= 15 is 0 Å². The number of furan rings is 1. The van der Waals surface area contributed by atoms with Crippen LogP contribution in [0.3, 0.4) is 0 Å². The molecule has 0 aromatic carbocycles. The fourth-order valence-corrected chi connectivity index (χ4v) is 2.92. The third kappa shape index (κ3) is 2.67. The first kappa shape index (κ1) is 13.8. The second-order valence-corrected chi connectivity index (χ2v) is 5.47. The molecule has 1 fully saturated rings. The molecule has 2 aromatic heterocycles. The van der Waals surface area contributed by atoms with Crippen molar-refractivity contribution >= 4 is 23.2 Å². The summed E-state index contributed by atoms with van der Waals surface area (Å²) in [7, 11) is 0. The van der Waals surface area contributed by atoms with E-state index in [1.807, 2.05) is 0 Å². The maximum absolute atomic E-state index is 12.4. The van der Waals surface area contributed by atoms with Crippen molar-refractivity contribution in [2.75, 3.05) is 19.8 Å². The molecule has 0 spiro atoms. The Morgan fingerprint density at radius 2 is 2.33 bits per heavy atom. The minimum absolute atomic E-state index is 0.00488. The van der Waals surface area contributed by atoms with E-state index in [0.29, 0.717) is 22.3 Å². The Bertz CT molecular complexity index is 651. The van der Waals surface area contributed by atoms with Gasteiger partial charge >= 0.3 is 5.97 Å². The van der Waals surface area contributed by atoms with E-state index in [1.165, 1.54) is 28.7 Å². The van der Waals surface area contributed by atoms with Gasteiger partial charge in [-0.25, -0.2) is 9.78 Å². The van der Waals surface area contributed by atoms with Gasteiger partial charge in [-0.1, -0.05) is 0 Å². The van der Waals surface area contributed by atoms with Crippen LogP contribution in [-0.2, 0) is 9.53 Å². The van der Waals surface area contributed by atoms with Gasteiger partial charge in [-0.3, -0.25) is 4.79 Å². The summed E-state index contributed by atoms with van der Waals surface area (Å²) in [4.78, 5) is 29.5. The number of carbonyl (C=O) groups excluding carboxylic acids is 1. The van der Waals surface area contributed by atoms with Crippen LogP contribution in [-0.4, -0.2) is 52.7 Å². The number of morpholine rings is 1. The third-order valence-corrected chi connectivity index (χ3v) is 4.12. The van der Waals surface area contributed by atoms with Crippen molar-refractivity contribution in [3.8, 4) is 10.8 Å². The Hall–Kier alpha value is -2.19. The highest BCUT2D eigenvalue weighted by Crippen LogP contribution is 2.27. The number of carbonyl (C=O) groups is 2. The fourth-order valence-electron chi connectivity index (χ4n) is 2.08. The summed E-state index contributed by atoms with van der Waals surface area (Å²) in [6.07, 6.45) is 2.97. The number of nitrogens with zero attached hydrogens (tertiary/aromatic N) is 2. The molecular weight excluding hydrogens is 296 g/mol. The van der Waals surface area contributed by atoms with E-state index in [0.717, 1.165) is 0 Å². The average molecular weight is 308 g/mol. The van der Waals surface area contributed by atoms with Gasteiger partial charge in [0.25, 0.3) is 5.91 Å². The Kier molecular flexibility index (Phi) is 3.72. The molecule has 0 aliphatic carbocycles. The molecule has 0 bridgehead atoms. The number of ether oxygens (including phenoxy) is 1. The first-order valence-corrected chi connectivity index (χ1v) is 7.09. The molecule has 1 aliphatic rings. The normalized spacial score (nSPS) is 18.7. The van der Waals surface area contributed by atoms with Gasteiger partial charge < -0.3 is 19.2 Å². The van der Waals surface area contributed by atoms with Crippen LogP contribution in [0, 0.1) is 0 Å². The lowest BCUT2D eigenvalue weighted by molar-refractivity contribution is -0.147. The van der Waals surface area contributed by atoms with Crippen molar-refractivity contribution in [1.82, 2.24) is 9.88 Å². The number of hydrogen-bond acceptors (Lipinski definition) is 6. The molecule has 3 rings (SSSR count). The minimum Gasteiger partial charge on any atom is -0.480 e. The Balaban J connectivity index is 1.83. The predicted molar refractivity (Wildman–Crippen MR) is 73.1 cm³/mol. The number of aromatic nitrogens is 1. The van der Waals surface area contributed by atoms with Crippen LogP contribution in [0.15, 0.2) is 29.0 Å². The quantitative estimate of drug-likeness (QED) is 0.919.